The SMILES string of the molecule is CC1(C)O[C@H]2OC(/C=N/NC(=O)c3ccncc3)[C@H](O)[C@H]2O1. The summed E-state index contributed by atoms with van der Waals surface area (Å²) in [6.45, 7) is 3.50. The van der Waals surface area contributed by atoms with Crippen LogP contribution in [0.15, 0.2) is 29.6 Å². The van der Waals surface area contributed by atoms with Gasteiger partial charge in [-0.3, -0.25) is 9.78 Å². The predicted octanol–water partition coefficient (Wildman–Crippen LogP) is 0.0345. The molecular formula is C14H17N3O5. The van der Waals surface area contributed by atoms with Gasteiger partial charge in [-0.2, -0.15) is 5.10 Å². The Morgan fingerprint density at radius 1 is 1.41 bits per heavy atom. The van der Waals surface area contributed by atoms with E-state index in [1.807, 2.05) is 0 Å². The van der Waals surface area contributed by atoms with Gasteiger partial charge in [-0.1, -0.05) is 0 Å². The molecule has 8 nitrogen and oxygen atoms in total. The molecule has 1 aromatic rings. The Balaban J connectivity index is 1.55. The van der Waals surface area contributed by atoms with Crippen molar-refractivity contribution >= 4 is 12.1 Å². The van der Waals surface area contributed by atoms with E-state index in [0.717, 1.165) is 0 Å². The van der Waals surface area contributed by atoms with Gasteiger partial charge in [0, 0.05) is 18.0 Å². The van der Waals surface area contributed by atoms with E-state index in [9.17, 15) is 9.90 Å². The normalized spacial score (nSPS) is 33.0. The van der Waals surface area contributed by atoms with E-state index in [-0.39, 0.29) is 5.91 Å². The Hall–Kier alpha value is -1.87. The van der Waals surface area contributed by atoms with Gasteiger partial charge in [-0.15, -0.1) is 0 Å². The predicted molar refractivity (Wildman–Crippen MR) is 74.9 cm³/mol. The smallest absolute Gasteiger partial charge is 0.271 e. The molecule has 1 aromatic heterocycles. The standard InChI is InChI=1S/C14H17N3O5/c1-14(2)21-11-10(18)9(20-13(11)22-14)7-16-17-12(19)8-3-5-15-6-4-8/h3-7,9-11,13,18H,1-2H3,(H,17,19)/b16-7+/t9?,10-,11+,13+/m0/s1. The van der Waals surface area contributed by atoms with Crippen LogP contribution in [0, 0.1) is 0 Å². The summed E-state index contributed by atoms with van der Waals surface area (Å²) in [6.07, 6.45) is 1.53. The van der Waals surface area contributed by atoms with Crippen molar-refractivity contribution in [1.29, 1.82) is 0 Å². The first-order valence-corrected chi connectivity index (χ1v) is 6.89. The summed E-state index contributed by atoms with van der Waals surface area (Å²) < 4.78 is 16.6. The van der Waals surface area contributed by atoms with Crippen LogP contribution in [0.5, 0.6) is 0 Å². The third kappa shape index (κ3) is 3.00. The fourth-order valence-electron chi connectivity index (χ4n) is 2.38. The van der Waals surface area contributed by atoms with Crippen LogP contribution in [-0.2, 0) is 14.2 Å². The van der Waals surface area contributed by atoms with E-state index in [1.165, 1.54) is 18.6 Å². The molecule has 0 aromatic carbocycles. The second-order valence-electron chi connectivity index (χ2n) is 5.51. The second kappa shape index (κ2) is 5.73. The van der Waals surface area contributed by atoms with Crippen LogP contribution >= 0.6 is 0 Å². The molecule has 1 unspecified atom stereocenters. The van der Waals surface area contributed by atoms with Crippen molar-refractivity contribution in [3.8, 4) is 0 Å². The average Bonchev–Trinajstić information content (AvgIpc) is 2.94. The molecule has 1 amide bonds. The summed E-state index contributed by atoms with van der Waals surface area (Å²) in [5, 5.41) is 13.9. The number of aliphatic hydroxyl groups is 1. The molecule has 0 aliphatic carbocycles. The molecule has 2 aliphatic rings. The van der Waals surface area contributed by atoms with E-state index in [4.69, 9.17) is 14.2 Å². The first-order chi connectivity index (χ1) is 10.5. The molecule has 2 aliphatic heterocycles. The number of fused-ring (bicyclic) bond motifs is 1. The van der Waals surface area contributed by atoms with E-state index in [0.29, 0.717) is 5.56 Å². The van der Waals surface area contributed by atoms with Crippen LogP contribution in [0.3, 0.4) is 0 Å². The van der Waals surface area contributed by atoms with Crippen molar-refractivity contribution in [1.82, 2.24) is 10.4 Å². The highest BCUT2D eigenvalue weighted by atomic mass is 16.8. The number of pyridine rings is 1. The number of aliphatic hydroxyl groups excluding tert-OH is 1. The van der Waals surface area contributed by atoms with Gasteiger partial charge in [-0.05, 0) is 26.0 Å². The fourth-order valence-corrected chi connectivity index (χ4v) is 2.38. The highest BCUT2D eigenvalue weighted by Crippen LogP contribution is 2.36. The molecule has 0 bridgehead atoms. The van der Waals surface area contributed by atoms with Crippen molar-refractivity contribution in [3.63, 3.8) is 0 Å². The maximum Gasteiger partial charge on any atom is 0.271 e. The van der Waals surface area contributed by atoms with Crippen molar-refractivity contribution in [2.24, 2.45) is 5.10 Å². The lowest BCUT2D eigenvalue weighted by molar-refractivity contribution is -0.206. The molecule has 0 saturated carbocycles. The number of nitrogens with one attached hydrogen (secondary N) is 1. The van der Waals surface area contributed by atoms with Gasteiger partial charge in [0.15, 0.2) is 12.1 Å². The maximum atomic E-state index is 11.8. The topological polar surface area (TPSA) is 102 Å². The van der Waals surface area contributed by atoms with Gasteiger partial charge in [0.05, 0.1) is 6.21 Å². The van der Waals surface area contributed by atoms with Gasteiger partial charge in [0.1, 0.15) is 18.3 Å². The number of hydrogen-bond donors (Lipinski definition) is 2. The van der Waals surface area contributed by atoms with Gasteiger partial charge in [0.2, 0.25) is 0 Å². The van der Waals surface area contributed by atoms with Crippen LogP contribution < -0.4 is 5.43 Å². The molecular weight excluding hydrogens is 290 g/mol. The Kier molecular flexibility index (Phi) is 3.92. The Morgan fingerprint density at radius 3 is 2.82 bits per heavy atom. The molecule has 2 fully saturated rings. The number of hydrazone groups is 1. The van der Waals surface area contributed by atoms with Crippen molar-refractivity contribution in [2.45, 2.75) is 44.2 Å². The van der Waals surface area contributed by atoms with Gasteiger partial charge in [0.25, 0.3) is 5.91 Å². The third-order valence-electron chi connectivity index (χ3n) is 3.38. The molecule has 2 N–H and O–H groups in total. The van der Waals surface area contributed by atoms with E-state index < -0.39 is 30.4 Å². The summed E-state index contributed by atoms with van der Waals surface area (Å²) in [7, 11) is 0. The number of nitrogens with zero attached hydrogens (tertiary/aromatic N) is 2. The number of amides is 1. The van der Waals surface area contributed by atoms with Gasteiger partial charge < -0.3 is 19.3 Å². The minimum Gasteiger partial charge on any atom is -0.387 e. The molecule has 0 spiro atoms. The summed E-state index contributed by atoms with van der Waals surface area (Å²) in [5.74, 6) is -1.16. The summed E-state index contributed by atoms with van der Waals surface area (Å²) in [4.78, 5) is 15.6. The van der Waals surface area contributed by atoms with E-state index in [1.54, 1.807) is 26.0 Å². The zero-order valence-corrected chi connectivity index (χ0v) is 12.2. The number of hydrogen-bond acceptors (Lipinski definition) is 7. The first kappa shape index (κ1) is 15.0. The van der Waals surface area contributed by atoms with Crippen molar-refractivity contribution in [2.75, 3.05) is 0 Å². The van der Waals surface area contributed by atoms with E-state index in [2.05, 4.69) is 15.5 Å². The molecule has 4 atom stereocenters. The molecule has 8 heteroatoms. The zero-order valence-electron chi connectivity index (χ0n) is 12.2. The van der Waals surface area contributed by atoms with Crippen molar-refractivity contribution < 1.29 is 24.1 Å². The maximum absolute atomic E-state index is 11.8. The Bertz CT molecular complexity index is 577. The zero-order chi connectivity index (χ0) is 15.7. The fraction of sp³-hybridized carbons (Fsp3) is 0.500. The molecule has 0 radical (unpaired) electrons. The number of rotatable bonds is 3. The van der Waals surface area contributed by atoms with Gasteiger partial charge in [-0.25, -0.2) is 5.43 Å². The van der Waals surface area contributed by atoms with Crippen LogP contribution in [0.1, 0.15) is 24.2 Å². The molecule has 22 heavy (non-hydrogen) atoms. The minimum absolute atomic E-state index is 0.375. The van der Waals surface area contributed by atoms with Crippen LogP contribution in [0.2, 0.25) is 0 Å². The van der Waals surface area contributed by atoms with Crippen molar-refractivity contribution in [3.05, 3.63) is 30.1 Å². The number of ether oxygens (including phenoxy) is 3. The van der Waals surface area contributed by atoms with E-state index >= 15 is 0 Å². The Morgan fingerprint density at radius 2 is 2.14 bits per heavy atom. The number of carbonyl (C=O) groups excluding carboxylic acids is 1. The molecule has 2 saturated heterocycles. The monoisotopic (exact) mass is 307 g/mol. The van der Waals surface area contributed by atoms with Crippen LogP contribution in [0.4, 0.5) is 0 Å². The lowest BCUT2D eigenvalue weighted by Gasteiger charge is -2.21. The second-order valence-corrected chi connectivity index (χ2v) is 5.51. The Labute approximate surface area is 127 Å². The summed E-state index contributed by atoms with van der Waals surface area (Å²) >= 11 is 0. The average molecular weight is 307 g/mol. The number of carbonyl (C=O) groups is 1. The minimum atomic E-state index is -0.909. The summed E-state index contributed by atoms with van der Waals surface area (Å²) in [6, 6.07) is 3.14. The molecule has 3 rings (SSSR count). The first-order valence-electron chi connectivity index (χ1n) is 6.89. The lowest BCUT2D eigenvalue weighted by atomic mass is 10.1. The quantitative estimate of drug-likeness (QED) is 0.603. The highest BCUT2D eigenvalue weighted by molar-refractivity contribution is 5.94. The van der Waals surface area contributed by atoms with Gasteiger partial charge >= 0.3 is 0 Å². The number of aromatic nitrogens is 1. The van der Waals surface area contributed by atoms with Crippen LogP contribution in [0.25, 0.3) is 0 Å². The lowest BCUT2D eigenvalue weighted by Crippen LogP contribution is -2.35. The largest absolute Gasteiger partial charge is 0.387 e. The molecule has 118 valence electrons. The summed E-state index contributed by atoms with van der Waals surface area (Å²) in [5.41, 5.74) is 2.79. The van der Waals surface area contributed by atoms with Crippen LogP contribution in [-0.4, -0.2) is 52.6 Å². The third-order valence-corrected chi connectivity index (χ3v) is 3.38. The highest BCUT2D eigenvalue weighted by Gasteiger charge is 2.53. The molecule has 3 heterocycles.